The van der Waals surface area contributed by atoms with Crippen LogP contribution in [0, 0.1) is 0 Å². The predicted molar refractivity (Wildman–Crippen MR) is 79.0 cm³/mol. The molecule has 0 radical (unpaired) electrons. The monoisotopic (exact) mass is 283 g/mol. The lowest BCUT2D eigenvalue weighted by Gasteiger charge is -2.35. The highest BCUT2D eigenvalue weighted by atomic mass is 35.5. The summed E-state index contributed by atoms with van der Waals surface area (Å²) in [5.74, 6) is 6.03. The highest BCUT2D eigenvalue weighted by Gasteiger charge is 2.21. The van der Waals surface area contributed by atoms with E-state index < -0.39 is 0 Å². The van der Waals surface area contributed by atoms with Gasteiger partial charge in [-0.3, -0.25) is 4.90 Å². The van der Waals surface area contributed by atoms with Gasteiger partial charge in [-0.15, -0.1) is 0 Å². The van der Waals surface area contributed by atoms with E-state index in [-0.39, 0.29) is 0 Å². The summed E-state index contributed by atoms with van der Waals surface area (Å²) in [6.45, 7) is 3.03. The number of aromatic nitrogens is 1. The van der Waals surface area contributed by atoms with Crippen LogP contribution < -0.4 is 11.3 Å². The number of nitrogen functional groups attached to an aromatic ring is 1. The van der Waals surface area contributed by atoms with Crippen molar-refractivity contribution in [2.45, 2.75) is 25.4 Å². The molecule has 0 amide bonds. The first-order chi connectivity index (χ1) is 9.10. The standard InChI is InChI=1S/C13H22ClN5/c1-18-7-3-4-10(8-18)19(2)9-12-11(14)5-6-13(16-12)17-15/h5-6,10H,3-4,7-9,15H2,1-2H3,(H,16,17). The molecule has 0 spiro atoms. The van der Waals surface area contributed by atoms with Gasteiger partial charge in [0.25, 0.3) is 0 Å². The van der Waals surface area contributed by atoms with Gasteiger partial charge in [-0.1, -0.05) is 11.6 Å². The number of pyridine rings is 1. The van der Waals surface area contributed by atoms with E-state index in [0.717, 1.165) is 18.8 Å². The number of halogens is 1. The Morgan fingerprint density at radius 1 is 1.58 bits per heavy atom. The molecule has 1 atom stereocenters. The molecule has 1 aliphatic rings. The van der Waals surface area contributed by atoms with Crippen molar-refractivity contribution < 1.29 is 0 Å². The second kappa shape index (κ2) is 6.52. The van der Waals surface area contributed by atoms with Gasteiger partial charge >= 0.3 is 0 Å². The van der Waals surface area contributed by atoms with Crippen molar-refractivity contribution in [3.05, 3.63) is 22.8 Å². The minimum absolute atomic E-state index is 0.561. The second-order valence-corrected chi connectivity index (χ2v) is 5.65. The molecular formula is C13H22ClN5. The van der Waals surface area contributed by atoms with Crippen molar-refractivity contribution in [2.24, 2.45) is 5.84 Å². The number of nitrogens with zero attached hydrogens (tertiary/aromatic N) is 3. The Hall–Kier alpha value is -0.880. The maximum Gasteiger partial charge on any atom is 0.140 e. The van der Waals surface area contributed by atoms with Gasteiger partial charge < -0.3 is 10.3 Å². The molecule has 1 aromatic heterocycles. The fourth-order valence-electron chi connectivity index (χ4n) is 2.54. The van der Waals surface area contributed by atoms with Crippen LogP contribution in [0.15, 0.2) is 12.1 Å². The van der Waals surface area contributed by atoms with E-state index in [0.29, 0.717) is 16.9 Å². The average molecular weight is 284 g/mol. The number of rotatable bonds is 4. The zero-order chi connectivity index (χ0) is 13.8. The zero-order valence-corrected chi connectivity index (χ0v) is 12.3. The van der Waals surface area contributed by atoms with Gasteiger partial charge in [-0.2, -0.15) is 0 Å². The number of hydrogen-bond donors (Lipinski definition) is 2. The SMILES string of the molecule is CN1CCCC(N(C)Cc2nc(NN)ccc2Cl)C1. The van der Waals surface area contributed by atoms with E-state index in [4.69, 9.17) is 17.4 Å². The number of hydrazine groups is 1. The summed E-state index contributed by atoms with van der Waals surface area (Å²) >= 11 is 6.20. The van der Waals surface area contributed by atoms with Crippen molar-refractivity contribution in [3.63, 3.8) is 0 Å². The Labute approximate surface area is 119 Å². The second-order valence-electron chi connectivity index (χ2n) is 5.24. The van der Waals surface area contributed by atoms with Crippen LogP contribution in [-0.2, 0) is 6.54 Å². The molecule has 6 heteroatoms. The normalized spacial score (nSPS) is 20.8. The summed E-state index contributed by atoms with van der Waals surface area (Å²) in [4.78, 5) is 9.12. The van der Waals surface area contributed by atoms with Gasteiger partial charge in [0.2, 0.25) is 0 Å². The van der Waals surface area contributed by atoms with Crippen LogP contribution in [-0.4, -0.2) is 48.0 Å². The van der Waals surface area contributed by atoms with Crippen LogP contribution in [0.25, 0.3) is 0 Å². The summed E-state index contributed by atoms with van der Waals surface area (Å²) in [6, 6.07) is 4.17. The maximum atomic E-state index is 6.20. The van der Waals surface area contributed by atoms with E-state index in [2.05, 4.69) is 34.3 Å². The Kier molecular flexibility index (Phi) is 4.99. The van der Waals surface area contributed by atoms with Gasteiger partial charge in [-0.05, 0) is 45.6 Å². The number of anilines is 1. The number of nitrogens with two attached hydrogens (primary N) is 1. The largest absolute Gasteiger partial charge is 0.308 e. The van der Waals surface area contributed by atoms with Crippen molar-refractivity contribution in [3.8, 4) is 0 Å². The van der Waals surface area contributed by atoms with Gasteiger partial charge in [-0.25, -0.2) is 10.8 Å². The fourth-order valence-corrected chi connectivity index (χ4v) is 2.70. The van der Waals surface area contributed by atoms with Crippen molar-refractivity contribution in [2.75, 3.05) is 32.6 Å². The summed E-state index contributed by atoms with van der Waals surface area (Å²) in [5.41, 5.74) is 3.43. The Morgan fingerprint density at radius 3 is 3.05 bits per heavy atom. The van der Waals surface area contributed by atoms with Crippen LogP contribution in [0.2, 0.25) is 5.02 Å². The number of likely N-dealkylation sites (tertiary alicyclic amines) is 1. The van der Waals surface area contributed by atoms with Gasteiger partial charge in [0, 0.05) is 19.1 Å². The van der Waals surface area contributed by atoms with Crippen molar-refractivity contribution >= 4 is 17.4 Å². The van der Waals surface area contributed by atoms with E-state index in [1.165, 1.54) is 19.4 Å². The number of hydrogen-bond acceptors (Lipinski definition) is 5. The Morgan fingerprint density at radius 2 is 2.37 bits per heavy atom. The van der Waals surface area contributed by atoms with Crippen molar-refractivity contribution in [1.29, 1.82) is 0 Å². The van der Waals surface area contributed by atoms with Crippen molar-refractivity contribution in [1.82, 2.24) is 14.8 Å². The lowest BCUT2D eigenvalue weighted by molar-refractivity contribution is 0.128. The summed E-state index contributed by atoms with van der Waals surface area (Å²) < 4.78 is 0. The number of nitrogens with one attached hydrogen (secondary N) is 1. The molecule has 0 bridgehead atoms. The third-order valence-electron chi connectivity index (χ3n) is 3.69. The molecule has 1 unspecified atom stereocenters. The Balaban J connectivity index is 2.03. The van der Waals surface area contributed by atoms with Crippen LogP contribution in [0.1, 0.15) is 18.5 Å². The Bertz CT molecular complexity index is 425. The van der Waals surface area contributed by atoms with Gasteiger partial charge in [0.1, 0.15) is 5.82 Å². The molecule has 1 saturated heterocycles. The van der Waals surface area contributed by atoms with E-state index in [9.17, 15) is 0 Å². The molecule has 19 heavy (non-hydrogen) atoms. The lowest BCUT2D eigenvalue weighted by atomic mass is 10.0. The molecule has 0 saturated carbocycles. The highest BCUT2D eigenvalue weighted by molar-refractivity contribution is 6.31. The smallest absolute Gasteiger partial charge is 0.140 e. The molecule has 1 aliphatic heterocycles. The molecule has 1 aromatic rings. The van der Waals surface area contributed by atoms with Crippen LogP contribution in [0.4, 0.5) is 5.82 Å². The minimum atomic E-state index is 0.561. The van der Waals surface area contributed by atoms with E-state index >= 15 is 0 Å². The highest BCUT2D eigenvalue weighted by Crippen LogP contribution is 2.20. The van der Waals surface area contributed by atoms with Crippen LogP contribution >= 0.6 is 11.6 Å². The molecule has 0 aliphatic carbocycles. The molecule has 106 valence electrons. The lowest BCUT2D eigenvalue weighted by Crippen LogP contribution is -2.44. The third kappa shape index (κ3) is 3.79. The zero-order valence-electron chi connectivity index (χ0n) is 11.6. The van der Waals surface area contributed by atoms with Gasteiger partial charge in [0.05, 0.1) is 10.7 Å². The first kappa shape index (κ1) is 14.5. The average Bonchev–Trinajstić information content (AvgIpc) is 2.41. The molecule has 2 heterocycles. The summed E-state index contributed by atoms with van der Waals surface area (Å²) in [7, 11) is 4.30. The predicted octanol–water partition coefficient (Wildman–Crippen LogP) is 1.55. The first-order valence-electron chi connectivity index (χ1n) is 6.61. The summed E-state index contributed by atoms with van der Waals surface area (Å²) in [6.07, 6.45) is 2.48. The van der Waals surface area contributed by atoms with E-state index in [1.54, 1.807) is 6.07 Å². The molecule has 2 rings (SSSR count). The van der Waals surface area contributed by atoms with Gasteiger partial charge in [0.15, 0.2) is 0 Å². The van der Waals surface area contributed by atoms with E-state index in [1.807, 2.05) is 6.07 Å². The number of piperidine rings is 1. The topological polar surface area (TPSA) is 57.4 Å². The maximum absolute atomic E-state index is 6.20. The molecule has 5 nitrogen and oxygen atoms in total. The third-order valence-corrected chi connectivity index (χ3v) is 4.03. The fraction of sp³-hybridized carbons (Fsp3) is 0.615. The minimum Gasteiger partial charge on any atom is -0.308 e. The molecule has 0 aromatic carbocycles. The molecule has 1 fully saturated rings. The first-order valence-corrected chi connectivity index (χ1v) is 6.98. The molecular weight excluding hydrogens is 262 g/mol. The quantitative estimate of drug-likeness (QED) is 0.649. The molecule has 3 N–H and O–H groups in total. The van der Waals surface area contributed by atoms with Crippen LogP contribution in [0.3, 0.4) is 0 Å². The summed E-state index contributed by atoms with van der Waals surface area (Å²) in [5, 5.41) is 0.690. The van der Waals surface area contributed by atoms with Crippen LogP contribution in [0.5, 0.6) is 0 Å². The number of likely N-dealkylation sites (N-methyl/N-ethyl adjacent to an activating group) is 2.